The number of para-hydroxylation sites is 1. The number of methoxy groups -OCH3 is 2. The second-order valence-corrected chi connectivity index (χ2v) is 5.88. The van der Waals surface area contributed by atoms with Gasteiger partial charge in [0, 0.05) is 22.7 Å². The van der Waals surface area contributed by atoms with Crippen LogP contribution in [0, 0.1) is 0 Å². The Kier molecular flexibility index (Phi) is 6.07. The summed E-state index contributed by atoms with van der Waals surface area (Å²) in [5.41, 5.74) is 1.68. The van der Waals surface area contributed by atoms with E-state index in [1.807, 2.05) is 6.07 Å². The van der Waals surface area contributed by atoms with Crippen LogP contribution >= 0.6 is 15.9 Å². The summed E-state index contributed by atoms with van der Waals surface area (Å²) in [6, 6.07) is 12.2. The number of rotatable bonds is 7. The van der Waals surface area contributed by atoms with Gasteiger partial charge in [-0.2, -0.15) is 0 Å². The average molecular weight is 377 g/mol. The molecule has 0 aromatic heterocycles. The summed E-state index contributed by atoms with van der Waals surface area (Å²) < 4.78 is 11.3. The molecular formula is C18H17BrO4. The standard InChI is InChI=1S/C18H17BrO4/c1-22-11-13-4-3-5-15(18(13)23-2)17(21)10-16(20)12-6-8-14(19)9-7-12/h3-9H,10-11H2,1-2H3. The summed E-state index contributed by atoms with van der Waals surface area (Å²) >= 11 is 3.32. The first-order valence-electron chi connectivity index (χ1n) is 7.03. The van der Waals surface area contributed by atoms with Gasteiger partial charge in [-0.05, 0) is 18.2 Å². The van der Waals surface area contributed by atoms with E-state index in [1.54, 1.807) is 43.5 Å². The lowest BCUT2D eigenvalue weighted by molar-refractivity contribution is 0.0892. The Hall–Kier alpha value is -1.98. The first kappa shape index (κ1) is 17.4. The van der Waals surface area contributed by atoms with E-state index in [0.717, 1.165) is 10.0 Å². The van der Waals surface area contributed by atoms with Crippen molar-refractivity contribution in [3.05, 3.63) is 63.6 Å². The number of halogens is 1. The maximum absolute atomic E-state index is 12.5. The molecule has 0 aliphatic heterocycles. The third kappa shape index (κ3) is 4.27. The Morgan fingerprint density at radius 3 is 2.30 bits per heavy atom. The number of carbonyl (C=O) groups excluding carboxylic acids is 2. The van der Waals surface area contributed by atoms with Gasteiger partial charge in [-0.3, -0.25) is 9.59 Å². The average Bonchev–Trinajstić information content (AvgIpc) is 2.55. The van der Waals surface area contributed by atoms with Crippen LogP contribution in [0.25, 0.3) is 0 Å². The molecule has 2 aromatic carbocycles. The molecule has 0 N–H and O–H groups in total. The van der Waals surface area contributed by atoms with Gasteiger partial charge in [0.1, 0.15) is 5.75 Å². The zero-order valence-corrected chi connectivity index (χ0v) is 14.6. The lowest BCUT2D eigenvalue weighted by Gasteiger charge is -2.12. The normalized spacial score (nSPS) is 10.4. The van der Waals surface area contributed by atoms with E-state index in [2.05, 4.69) is 15.9 Å². The molecule has 0 heterocycles. The second kappa shape index (κ2) is 8.04. The maximum atomic E-state index is 12.5. The Balaban J connectivity index is 2.22. The number of benzene rings is 2. The van der Waals surface area contributed by atoms with Crippen molar-refractivity contribution in [1.82, 2.24) is 0 Å². The molecule has 2 aromatic rings. The molecule has 0 saturated heterocycles. The summed E-state index contributed by atoms with van der Waals surface area (Å²) in [4.78, 5) is 24.7. The minimum Gasteiger partial charge on any atom is -0.496 e. The lowest BCUT2D eigenvalue weighted by atomic mass is 9.99. The predicted octanol–water partition coefficient (Wildman–Crippen LogP) is 4.06. The summed E-state index contributed by atoms with van der Waals surface area (Å²) in [5, 5.41) is 0. The third-order valence-corrected chi connectivity index (χ3v) is 3.92. The second-order valence-electron chi connectivity index (χ2n) is 4.96. The van der Waals surface area contributed by atoms with Crippen molar-refractivity contribution in [2.75, 3.05) is 14.2 Å². The van der Waals surface area contributed by atoms with Gasteiger partial charge < -0.3 is 9.47 Å². The molecule has 0 aliphatic carbocycles. The van der Waals surface area contributed by atoms with Gasteiger partial charge in [0.05, 0.1) is 25.7 Å². The molecule has 0 unspecified atom stereocenters. The highest BCUT2D eigenvalue weighted by molar-refractivity contribution is 9.10. The van der Waals surface area contributed by atoms with E-state index in [9.17, 15) is 9.59 Å². The van der Waals surface area contributed by atoms with Gasteiger partial charge in [-0.25, -0.2) is 0 Å². The van der Waals surface area contributed by atoms with Crippen molar-refractivity contribution in [2.45, 2.75) is 13.0 Å². The fourth-order valence-electron chi connectivity index (χ4n) is 2.29. The zero-order chi connectivity index (χ0) is 16.8. The summed E-state index contributed by atoms with van der Waals surface area (Å²) in [6.07, 6.45) is -0.200. The molecule has 0 aliphatic rings. The summed E-state index contributed by atoms with van der Waals surface area (Å²) in [5.74, 6) is -0.0302. The number of carbonyl (C=O) groups is 2. The summed E-state index contributed by atoms with van der Waals surface area (Å²) in [6.45, 7) is 0.338. The molecule has 23 heavy (non-hydrogen) atoms. The first-order chi connectivity index (χ1) is 11.1. The van der Waals surface area contributed by atoms with Crippen LogP contribution in [0.5, 0.6) is 5.75 Å². The molecule has 120 valence electrons. The van der Waals surface area contributed by atoms with Crippen LogP contribution in [0.4, 0.5) is 0 Å². The predicted molar refractivity (Wildman–Crippen MR) is 91.1 cm³/mol. The van der Waals surface area contributed by atoms with E-state index >= 15 is 0 Å². The largest absolute Gasteiger partial charge is 0.496 e. The molecule has 0 saturated carbocycles. The number of Topliss-reactive ketones (excluding diaryl/α,β-unsaturated/α-hetero) is 2. The van der Waals surface area contributed by atoms with Gasteiger partial charge >= 0.3 is 0 Å². The Morgan fingerprint density at radius 2 is 1.70 bits per heavy atom. The van der Waals surface area contributed by atoms with Crippen LogP contribution in [-0.2, 0) is 11.3 Å². The quantitative estimate of drug-likeness (QED) is 0.540. The van der Waals surface area contributed by atoms with Crippen molar-refractivity contribution in [2.24, 2.45) is 0 Å². The van der Waals surface area contributed by atoms with E-state index < -0.39 is 0 Å². The first-order valence-corrected chi connectivity index (χ1v) is 7.83. The molecule has 5 heteroatoms. The van der Waals surface area contributed by atoms with Gasteiger partial charge in [0.15, 0.2) is 11.6 Å². The smallest absolute Gasteiger partial charge is 0.174 e. The Labute approximate surface area is 143 Å². The lowest BCUT2D eigenvalue weighted by Crippen LogP contribution is -2.11. The molecule has 0 radical (unpaired) electrons. The van der Waals surface area contributed by atoms with Crippen molar-refractivity contribution in [1.29, 1.82) is 0 Å². The van der Waals surface area contributed by atoms with Crippen LogP contribution in [0.15, 0.2) is 46.9 Å². The number of ether oxygens (including phenoxy) is 2. The van der Waals surface area contributed by atoms with Crippen LogP contribution in [0.3, 0.4) is 0 Å². The third-order valence-electron chi connectivity index (χ3n) is 3.39. The van der Waals surface area contributed by atoms with Gasteiger partial charge in [0.25, 0.3) is 0 Å². The fourth-order valence-corrected chi connectivity index (χ4v) is 2.56. The van der Waals surface area contributed by atoms with Crippen molar-refractivity contribution in [3.63, 3.8) is 0 Å². The van der Waals surface area contributed by atoms with Crippen LogP contribution in [-0.4, -0.2) is 25.8 Å². The highest BCUT2D eigenvalue weighted by Crippen LogP contribution is 2.26. The minimum absolute atomic E-state index is 0.200. The monoisotopic (exact) mass is 376 g/mol. The van der Waals surface area contributed by atoms with Crippen molar-refractivity contribution in [3.8, 4) is 5.75 Å². The molecule has 4 nitrogen and oxygen atoms in total. The number of hydrogen-bond acceptors (Lipinski definition) is 4. The van der Waals surface area contributed by atoms with Gasteiger partial charge in [-0.15, -0.1) is 0 Å². The number of hydrogen-bond donors (Lipinski definition) is 0. The van der Waals surface area contributed by atoms with E-state index in [0.29, 0.717) is 23.5 Å². The zero-order valence-electron chi connectivity index (χ0n) is 13.0. The van der Waals surface area contributed by atoms with E-state index in [-0.39, 0.29) is 18.0 Å². The molecule has 0 atom stereocenters. The van der Waals surface area contributed by atoms with Gasteiger partial charge in [-0.1, -0.05) is 40.2 Å². The fraction of sp³-hybridized carbons (Fsp3) is 0.222. The maximum Gasteiger partial charge on any atom is 0.174 e. The Morgan fingerprint density at radius 1 is 1.00 bits per heavy atom. The van der Waals surface area contributed by atoms with Crippen LogP contribution < -0.4 is 4.74 Å². The van der Waals surface area contributed by atoms with E-state index in [4.69, 9.17) is 9.47 Å². The highest BCUT2D eigenvalue weighted by atomic mass is 79.9. The summed E-state index contributed by atoms with van der Waals surface area (Å²) in [7, 11) is 3.08. The molecule has 2 rings (SSSR count). The molecule has 0 spiro atoms. The van der Waals surface area contributed by atoms with Crippen molar-refractivity contribution < 1.29 is 19.1 Å². The SMILES string of the molecule is COCc1cccc(C(=O)CC(=O)c2ccc(Br)cc2)c1OC. The minimum atomic E-state index is -0.271. The number of ketones is 2. The Bertz CT molecular complexity index is 707. The van der Waals surface area contributed by atoms with Gasteiger partial charge in [0.2, 0.25) is 0 Å². The molecular weight excluding hydrogens is 360 g/mol. The highest BCUT2D eigenvalue weighted by Gasteiger charge is 2.19. The van der Waals surface area contributed by atoms with Crippen molar-refractivity contribution >= 4 is 27.5 Å². The molecule has 0 bridgehead atoms. The molecule has 0 fully saturated rings. The molecule has 0 amide bonds. The topological polar surface area (TPSA) is 52.6 Å². The van der Waals surface area contributed by atoms with Crippen LogP contribution in [0.2, 0.25) is 0 Å². The van der Waals surface area contributed by atoms with E-state index in [1.165, 1.54) is 7.11 Å². The van der Waals surface area contributed by atoms with Crippen LogP contribution in [0.1, 0.15) is 32.7 Å².